The largest absolute Gasteiger partial charge is 0.0587 e. The van der Waals surface area contributed by atoms with Crippen molar-refractivity contribution in [2.75, 3.05) is 0 Å². The van der Waals surface area contributed by atoms with Crippen molar-refractivity contribution >= 4 is 12.2 Å². The molecule has 4 aromatic rings. The van der Waals surface area contributed by atoms with Gasteiger partial charge in [0.05, 0.1) is 0 Å². The first-order valence-electron chi connectivity index (χ1n) is 10.9. The first-order valence-corrected chi connectivity index (χ1v) is 10.9. The van der Waals surface area contributed by atoms with Gasteiger partial charge in [-0.15, -0.1) is 0 Å². The monoisotopic (exact) mass is 402 g/mol. The molecule has 0 aromatic heterocycles. The quantitative estimate of drug-likeness (QED) is 0.299. The van der Waals surface area contributed by atoms with Crippen LogP contribution in [0.15, 0.2) is 97.1 Å². The highest BCUT2D eigenvalue weighted by molar-refractivity contribution is 5.74. The van der Waals surface area contributed by atoms with E-state index in [-0.39, 0.29) is 5.41 Å². The van der Waals surface area contributed by atoms with Gasteiger partial charge in [0.15, 0.2) is 0 Å². The van der Waals surface area contributed by atoms with E-state index in [4.69, 9.17) is 0 Å². The Balaban J connectivity index is 1.45. The molecule has 0 aliphatic heterocycles. The van der Waals surface area contributed by atoms with Gasteiger partial charge in [-0.1, -0.05) is 136 Å². The minimum Gasteiger partial charge on any atom is -0.0587 e. The van der Waals surface area contributed by atoms with E-state index in [0.717, 1.165) is 0 Å². The molecule has 0 N–H and O–H groups in total. The highest BCUT2D eigenvalue weighted by Crippen LogP contribution is 2.26. The molecule has 0 bridgehead atoms. The fourth-order valence-electron chi connectivity index (χ4n) is 3.67. The molecule has 0 aliphatic carbocycles. The van der Waals surface area contributed by atoms with E-state index in [1.54, 1.807) is 0 Å². The fourth-order valence-corrected chi connectivity index (χ4v) is 3.67. The highest BCUT2D eigenvalue weighted by Gasteiger charge is 2.12. The van der Waals surface area contributed by atoms with Crippen molar-refractivity contribution in [2.24, 2.45) is 0 Å². The van der Waals surface area contributed by atoms with E-state index in [0.29, 0.717) is 0 Å². The van der Waals surface area contributed by atoms with Crippen LogP contribution in [0.3, 0.4) is 0 Å². The highest BCUT2D eigenvalue weighted by atomic mass is 14.2. The lowest BCUT2D eigenvalue weighted by atomic mass is 9.87. The summed E-state index contributed by atoms with van der Waals surface area (Å²) in [5.41, 5.74) is 10.3. The molecular weight excluding hydrogens is 372 g/mol. The summed E-state index contributed by atoms with van der Waals surface area (Å²) in [7, 11) is 0. The maximum Gasteiger partial charge on any atom is -0.0132 e. The first kappa shape index (κ1) is 20.9. The molecule has 4 aromatic carbocycles. The van der Waals surface area contributed by atoms with Crippen LogP contribution < -0.4 is 0 Å². The van der Waals surface area contributed by atoms with Gasteiger partial charge < -0.3 is 0 Å². The summed E-state index contributed by atoms with van der Waals surface area (Å²) in [4.78, 5) is 0. The number of benzene rings is 4. The second kappa shape index (κ2) is 8.78. The molecule has 0 aliphatic rings. The summed E-state index contributed by atoms with van der Waals surface area (Å²) in [5, 5.41) is 0. The molecule has 0 heterocycles. The van der Waals surface area contributed by atoms with Gasteiger partial charge in [0, 0.05) is 0 Å². The molecule has 0 atom stereocenters. The summed E-state index contributed by atoms with van der Waals surface area (Å²) in [5.74, 6) is 0. The molecule has 0 nitrogen and oxygen atoms in total. The molecule has 0 saturated heterocycles. The summed E-state index contributed by atoms with van der Waals surface area (Å²) in [6, 6.07) is 35.1. The molecule has 0 spiro atoms. The molecule has 0 unspecified atom stereocenters. The van der Waals surface area contributed by atoms with E-state index >= 15 is 0 Å². The molecule has 154 valence electrons. The second-order valence-corrected chi connectivity index (χ2v) is 9.27. The summed E-state index contributed by atoms with van der Waals surface area (Å²) >= 11 is 0. The standard InChI is InChI=1S/C31H30/c1-23-5-13-26(14-6-23)28-17-19-29(20-18-28)27-15-9-24(10-16-27)7-8-25-11-21-30(22-12-25)31(2,3)4/h5-22H,1-4H3/b8-7+. The molecule has 4 rings (SSSR count). The van der Waals surface area contributed by atoms with E-state index in [9.17, 15) is 0 Å². The van der Waals surface area contributed by atoms with Crippen LogP contribution in [0.2, 0.25) is 0 Å². The van der Waals surface area contributed by atoms with Crippen molar-refractivity contribution in [3.63, 3.8) is 0 Å². The SMILES string of the molecule is Cc1ccc(-c2ccc(-c3ccc(/C=C/c4ccc(C(C)(C)C)cc4)cc3)cc2)cc1. The van der Waals surface area contributed by atoms with Gasteiger partial charge in [0.2, 0.25) is 0 Å². The Bertz CT molecular complexity index is 1150. The third-order valence-corrected chi connectivity index (χ3v) is 5.76. The Morgan fingerprint density at radius 1 is 0.452 bits per heavy atom. The Hall–Kier alpha value is -3.38. The van der Waals surface area contributed by atoms with Crippen LogP contribution in [0.25, 0.3) is 34.4 Å². The minimum absolute atomic E-state index is 0.191. The van der Waals surface area contributed by atoms with Crippen LogP contribution >= 0.6 is 0 Å². The lowest BCUT2D eigenvalue weighted by Crippen LogP contribution is -2.10. The van der Waals surface area contributed by atoms with Crippen LogP contribution in [0.4, 0.5) is 0 Å². The Kier molecular flexibility index (Phi) is 5.91. The summed E-state index contributed by atoms with van der Waals surface area (Å²) in [6.07, 6.45) is 4.36. The lowest BCUT2D eigenvalue weighted by Gasteiger charge is -2.18. The minimum atomic E-state index is 0.191. The van der Waals surface area contributed by atoms with Crippen molar-refractivity contribution in [3.8, 4) is 22.3 Å². The zero-order chi connectivity index (χ0) is 21.8. The van der Waals surface area contributed by atoms with Gasteiger partial charge >= 0.3 is 0 Å². The predicted molar refractivity (Wildman–Crippen MR) is 136 cm³/mol. The number of hydrogen-bond acceptors (Lipinski definition) is 0. The average Bonchev–Trinajstić information content (AvgIpc) is 2.78. The molecule has 0 radical (unpaired) electrons. The van der Waals surface area contributed by atoms with E-state index in [1.807, 2.05) is 0 Å². The van der Waals surface area contributed by atoms with Crippen molar-refractivity contribution in [2.45, 2.75) is 33.1 Å². The second-order valence-electron chi connectivity index (χ2n) is 9.27. The Morgan fingerprint density at radius 3 is 1.16 bits per heavy atom. The Labute approximate surface area is 186 Å². The van der Waals surface area contributed by atoms with E-state index in [2.05, 4.69) is 137 Å². The van der Waals surface area contributed by atoms with Gasteiger partial charge in [0.1, 0.15) is 0 Å². The van der Waals surface area contributed by atoms with Crippen LogP contribution in [-0.2, 0) is 5.41 Å². The molecule has 31 heavy (non-hydrogen) atoms. The molecule has 0 heteroatoms. The zero-order valence-corrected chi connectivity index (χ0v) is 18.9. The third-order valence-electron chi connectivity index (χ3n) is 5.76. The first-order chi connectivity index (χ1) is 14.9. The maximum absolute atomic E-state index is 2.25. The van der Waals surface area contributed by atoms with E-state index < -0.39 is 0 Å². The fraction of sp³-hybridized carbons (Fsp3) is 0.161. The molecular formula is C31H30. The molecule has 0 saturated carbocycles. The van der Waals surface area contributed by atoms with Crippen molar-refractivity contribution < 1.29 is 0 Å². The normalized spacial score (nSPS) is 11.7. The maximum atomic E-state index is 2.25. The number of rotatable bonds is 4. The van der Waals surface area contributed by atoms with Crippen molar-refractivity contribution in [3.05, 3.63) is 119 Å². The van der Waals surface area contributed by atoms with Crippen LogP contribution in [0.5, 0.6) is 0 Å². The molecule has 0 fully saturated rings. The lowest BCUT2D eigenvalue weighted by molar-refractivity contribution is 0.590. The number of hydrogen-bond donors (Lipinski definition) is 0. The smallest absolute Gasteiger partial charge is 0.0132 e. The van der Waals surface area contributed by atoms with Crippen LogP contribution in [0, 0.1) is 6.92 Å². The van der Waals surface area contributed by atoms with Crippen LogP contribution in [-0.4, -0.2) is 0 Å². The van der Waals surface area contributed by atoms with Crippen molar-refractivity contribution in [1.29, 1.82) is 0 Å². The summed E-state index contributed by atoms with van der Waals surface area (Å²) in [6.45, 7) is 8.86. The summed E-state index contributed by atoms with van der Waals surface area (Å²) < 4.78 is 0. The van der Waals surface area contributed by atoms with Gasteiger partial charge in [0.25, 0.3) is 0 Å². The van der Waals surface area contributed by atoms with E-state index in [1.165, 1.54) is 44.5 Å². The average molecular weight is 403 g/mol. The third kappa shape index (κ3) is 5.22. The van der Waals surface area contributed by atoms with Gasteiger partial charge in [-0.05, 0) is 51.3 Å². The topological polar surface area (TPSA) is 0 Å². The van der Waals surface area contributed by atoms with Gasteiger partial charge in [-0.2, -0.15) is 0 Å². The predicted octanol–water partition coefficient (Wildman–Crippen LogP) is 8.80. The Morgan fingerprint density at radius 2 is 0.774 bits per heavy atom. The van der Waals surface area contributed by atoms with Crippen LogP contribution in [0.1, 0.15) is 43.0 Å². The van der Waals surface area contributed by atoms with Gasteiger partial charge in [-0.25, -0.2) is 0 Å². The van der Waals surface area contributed by atoms with Crippen molar-refractivity contribution in [1.82, 2.24) is 0 Å². The number of aryl methyl sites for hydroxylation is 1. The van der Waals surface area contributed by atoms with Gasteiger partial charge in [-0.3, -0.25) is 0 Å². The zero-order valence-electron chi connectivity index (χ0n) is 18.9. The molecule has 0 amide bonds.